The van der Waals surface area contributed by atoms with Gasteiger partial charge in [-0.05, 0) is 34.8 Å². The summed E-state index contributed by atoms with van der Waals surface area (Å²) in [6.07, 6.45) is 3.86. The molecule has 1 aromatic carbocycles. The molecule has 0 saturated heterocycles. The minimum Gasteiger partial charge on any atom is -0.308 e. The van der Waals surface area contributed by atoms with Crippen LogP contribution in [-0.2, 0) is 6.54 Å². The summed E-state index contributed by atoms with van der Waals surface area (Å²) in [5.41, 5.74) is 0.762. The zero-order valence-corrected chi connectivity index (χ0v) is 11.5. The summed E-state index contributed by atoms with van der Waals surface area (Å²) < 4.78 is 28.8. The van der Waals surface area contributed by atoms with E-state index in [9.17, 15) is 8.78 Å². The van der Waals surface area contributed by atoms with Gasteiger partial charge in [-0.15, -0.1) is 5.10 Å². The van der Waals surface area contributed by atoms with Crippen LogP contribution in [0.2, 0.25) is 0 Å². The van der Waals surface area contributed by atoms with Gasteiger partial charge in [0.2, 0.25) is 0 Å². The van der Waals surface area contributed by atoms with Crippen molar-refractivity contribution in [1.29, 1.82) is 0 Å². The highest BCUT2D eigenvalue weighted by atomic mass is 79.9. The van der Waals surface area contributed by atoms with E-state index in [2.05, 4.69) is 31.6 Å². The van der Waals surface area contributed by atoms with Crippen LogP contribution in [0.4, 0.5) is 8.78 Å². The van der Waals surface area contributed by atoms with Crippen molar-refractivity contribution in [1.82, 2.24) is 20.3 Å². The zero-order valence-electron chi connectivity index (χ0n) is 9.91. The van der Waals surface area contributed by atoms with E-state index in [1.54, 1.807) is 6.20 Å². The molecule has 1 aromatic heterocycles. The Labute approximate surface area is 116 Å². The molecule has 1 aliphatic carbocycles. The Hall–Kier alpha value is -1.34. The van der Waals surface area contributed by atoms with Gasteiger partial charge >= 0.3 is 0 Å². The van der Waals surface area contributed by atoms with Crippen molar-refractivity contribution in [3.8, 4) is 5.69 Å². The molecular formula is C12H11BrF2N4. The third-order valence-corrected chi connectivity index (χ3v) is 3.59. The maximum Gasteiger partial charge on any atom is 0.150 e. The number of nitrogens with one attached hydrogen (secondary N) is 1. The van der Waals surface area contributed by atoms with Crippen LogP contribution in [-0.4, -0.2) is 21.0 Å². The molecule has 0 amide bonds. The van der Waals surface area contributed by atoms with Crippen molar-refractivity contribution >= 4 is 15.9 Å². The van der Waals surface area contributed by atoms with Crippen molar-refractivity contribution in [2.75, 3.05) is 0 Å². The standard InChI is InChI=1S/C12H11BrF2N4/c13-9-3-11(15)12(4-10(9)14)19-8(6-17-18-19)5-16-7-1-2-7/h3-4,6-7,16H,1-2,5H2. The molecule has 1 heterocycles. The topological polar surface area (TPSA) is 42.7 Å². The summed E-state index contributed by atoms with van der Waals surface area (Å²) in [6, 6.07) is 2.72. The van der Waals surface area contributed by atoms with Gasteiger partial charge in [-0.25, -0.2) is 13.5 Å². The molecule has 2 aromatic rings. The van der Waals surface area contributed by atoms with Crippen LogP contribution < -0.4 is 5.32 Å². The van der Waals surface area contributed by atoms with Gasteiger partial charge in [0.15, 0.2) is 0 Å². The van der Waals surface area contributed by atoms with Gasteiger partial charge in [-0.1, -0.05) is 5.21 Å². The molecule has 0 radical (unpaired) electrons. The molecule has 0 unspecified atom stereocenters. The summed E-state index contributed by atoms with van der Waals surface area (Å²) in [6.45, 7) is 0.536. The number of halogens is 3. The molecule has 4 nitrogen and oxygen atoms in total. The Bertz CT molecular complexity index is 610. The van der Waals surface area contributed by atoms with E-state index in [0.717, 1.165) is 25.0 Å². The second kappa shape index (κ2) is 4.97. The quantitative estimate of drug-likeness (QED) is 0.877. The molecule has 0 spiro atoms. The van der Waals surface area contributed by atoms with E-state index in [-0.39, 0.29) is 10.2 Å². The number of nitrogens with zero attached hydrogens (tertiary/aromatic N) is 3. The summed E-state index contributed by atoms with van der Waals surface area (Å²) in [4.78, 5) is 0. The van der Waals surface area contributed by atoms with E-state index >= 15 is 0 Å². The fourth-order valence-electron chi connectivity index (χ4n) is 1.79. The maximum absolute atomic E-state index is 13.9. The number of hydrogen-bond acceptors (Lipinski definition) is 3. The van der Waals surface area contributed by atoms with E-state index in [1.807, 2.05) is 0 Å². The predicted octanol–water partition coefficient (Wildman–Crippen LogP) is 2.56. The monoisotopic (exact) mass is 328 g/mol. The third-order valence-electron chi connectivity index (χ3n) is 2.99. The molecule has 0 bridgehead atoms. The molecule has 7 heteroatoms. The Morgan fingerprint density at radius 3 is 2.84 bits per heavy atom. The van der Waals surface area contributed by atoms with Gasteiger partial charge in [0.05, 0.1) is 16.4 Å². The lowest BCUT2D eigenvalue weighted by atomic mass is 10.3. The van der Waals surface area contributed by atoms with Crippen LogP contribution in [0.5, 0.6) is 0 Å². The SMILES string of the molecule is Fc1cc(-n2nncc2CNC2CC2)c(F)cc1Br. The van der Waals surface area contributed by atoms with Crippen molar-refractivity contribution in [3.63, 3.8) is 0 Å². The fourth-order valence-corrected chi connectivity index (χ4v) is 2.11. The first-order valence-corrected chi connectivity index (χ1v) is 6.72. The molecule has 100 valence electrons. The highest BCUT2D eigenvalue weighted by molar-refractivity contribution is 9.10. The second-order valence-corrected chi connectivity index (χ2v) is 5.36. The largest absolute Gasteiger partial charge is 0.308 e. The average Bonchev–Trinajstić information content (AvgIpc) is 3.09. The lowest BCUT2D eigenvalue weighted by Crippen LogP contribution is -2.18. The van der Waals surface area contributed by atoms with Gasteiger partial charge < -0.3 is 5.32 Å². The molecule has 1 N–H and O–H groups in total. The minimum atomic E-state index is -0.550. The summed E-state index contributed by atoms with van der Waals surface area (Å²) >= 11 is 2.95. The summed E-state index contributed by atoms with van der Waals surface area (Å²) in [5, 5.41) is 10.9. The lowest BCUT2D eigenvalue weighted by molar-refractivity contribution is 0.570. The van der Waals surface area contributed by atoms with Crippen molar-refractivity contribution in [2.45, 2.75) is 25.4 Å². The molecule has 0 atom stereocenters. The highest BCUT2D eigenvalue weighted by Gasteiger charge is 2.21. The summed E-state index contributed by atoms with van der Waals surface area (Å²) in [5.74, 6) is -1.08. The van der Waals surface area contributed by atoms with Crippen molar-refractivity contribution in [2.24, 2.45) is 0 Å². The van der Waals surface area contributed by atoms with Crippen LogP contribution in [0.15, 0.2) is 22.8 Å². The fraction of sp³-hybridized carbons (Fsp3) is 0.333. The van der Waals surface area contributed by atoms with E-state index in [1.165, 1.54) is 4.68 Å². The Balaban J connectivity index is 1.92. The van der Waals surface area contributed by atoms with Gasteiger partial charge in [0, 0.05) is 18.7 Å². The Kier molecular flexibility index (Phi) is 3.32. The third kappa shape index (κ3) is 2.66. The Morgan fingerprint density at radius 1 is 1.32 bits per heavy atom. The molecule has 1 saturated carbocycles. The molecule has 1 fully saturated rings. The number of rotatable bonds is 4. The number of hydrogen-bond donors (Lipinski definition) is 1. The maximum atomic E-state index is 13.9. The van der Waals surface area contributed by atoms with Crippen molar-refractivity contribution < 1.29 is 8.78 Å². The summed E-state index contributed by atoms with van der Waals surface area (Å²) in [7, 11) is 0. The minimum absolute atomic E-state index is 0.0609. The van der Waals surface area contributed by atoms with Gasteiger partial charge in [-0.2, -0.15) is 0 Å². The van der Waals surface area contributed by atoms with E-state index in [4.69, 9.17) is 0 Å². The first-order chi connectivity index (χ1) is 9.15. The van der Waals surface area contributed by atoms with Crippen LogP contribution in [0, 0.1) is 11.6 Å². The van der Waals surface area contributed by atoms with Gasteiger partial charge in [0.1, 0.15) is 17.3 Å². The smallest absolute Gasteiger partial charge is 0.150 e. The number of benzene rings is 1. The van der Waals surface area contributed by atoms with Crippen LogP contribution in [0.1, 0.15) is 18.5 Å². The second-order valence-electron chi connectivity index (χ2n) is 4.51. The highest BCUT2D eigenvalue weighted by Crippen LogP contribution is 2.23. The molecule has 19 heavy (non-hydrogen) atoms. The van der Waals surface area contributed by atoms with E-state index in [0.29, 0.717) is 18.3 Å². The van der Waals surface area contributed by atoms with Gasteiger partial charge in [-0.3, -0.25) is 0 Å². The van der Waals surface area contributed by atoms with Crippen LogP contribution in [0.25, 0.3) is 5.69 Å². The molecule has 3 rings (SSSR count). The molecule has 1 aliphatic rings. The van der Waals surface area contributed by atoms with E-state index < -0.39 is 11.6 Å². The van der Waals surface area contributed by atoms with Crippen LogP contribution in [0.3, 0.4) is 0 Å². The Morgan fingerprint density at radius 2 is 2.11 bits per heavy atom. The zero-order chi connectivity index (χ0) is 13.4. The van der Waals surface area contributed by atoms with Crippen molar-refractivity contribution in [3.05, 3.63) is 40.1 Å². The normalized spacial score (nSPS) is 14.9. The lowest BCUT2D eigenvalue weighted by Gasteiger charge is -2.08. The first-order valence-electron chi connectivity index (χ1n) is 5.93. The number of aromatic nitrogens is 3. The molecule has 0 aliphatic heterocycles. The van der Waals surface area contributed by atoms with Crippen LogP contribution >= 0.6 is 15.9 Å². The first kappa shape index (κ1) is 12.7. The molecular weight excluding hydrogens is 318 g/mol. The predicted molar refractivity (Wildman–Crippen MR) is 68.8 cm³/mol. The average molecular weight is 329 g/mol. The van der Waals surface area contributed by atoms with Gasteiger partial charge in [0.25, 0.3) is 0 Å².